The van der Waals surface area contributed by atoms with Gasteiger partial charge in [-0.2, -0.15) is 0 Å². The lowest BCUT2D eigenvalue weighted by Crippen LogP contribution is -2.17. The summed E-state index contributed by atoms with van der Waals surface area (Å²) in [6, 6.07) is 9.51. The summed E-state index contributed by atoms with van der Waals surface area (Å²) in [4.78, 5) is 0. The zero-order chi connectivity index (χ0) is 21.6. The zero-order valence-corrected chi connectivity index (χ0v) is 16.3. The molecule has 1 fully saturated rings. The Balaban J connectivity index is 1.38. The summed E-state index contributed by atoms with van der Waals surface area (Å²) in [7, 11) is 0. The van der Waals surface area contributed by atoms with Crippen molar-refractivity contribution >= 4 is 11.0 Å². The summed E-state index contributed by atoms with van der Waals surface area (Å²) in [5.74, 6) is 1.32. The van der Waals surface area contributed by atoms with E-state index in [9.17, 15) is 13.2 Å². The summed E-state index contributed by atoms with van der Waals surface area (Å²) in [5.41, 5.74) is 2.65. The van der Waals surface area contributed by atoms with E-state index in [2.05, 4.69) is 20.1 Å². The second kappa shape index (κ2) is 7.29. The number of benzene rings is 2. The second-order valence-electron chi connectivity index (χ2n) is 7.32. The van der Waals surface area contributed by atoms with Crippen molar-refractivity contribution in [2.75, 3.05) is 0 Å². The molecule has 2 aromatic heterocycles. The average molecular weight is 431 g/mol. The SMILES string of the molecule is Cc1cc(OC(F)(F)F)ccc1-c1ccc2onc(OCc3nnc(C4CC4)o3)c2c1. The zero-order valence-electron chi connectivity index (χ0n) is 16.3. The van der Waals surface area contributed by atoms with Gasteiger partial charge in [-0.05, 0) is 65.9 Å². The first kappa shape index (κ1) is 19.4. The van der Waals surface area contributed by atoms with Crippen LogP contribution in [0.1, 0.15) is 36.1 Å². The van der Waals surface area contributed by atoms with Crippen LogP contribution in [0, 0.1) is 6.92 Å². The number of nitrogens with zero attached hydrogens (tertiary/aromatic N) is 3. The number of ether oxygens (including phenoxy) is 2. The topological polar surface area (TPSA) is 83.4 Å². The van der Waals surface area contributed by atoms with Gasteiger partial charge in [0.1, 0.15) is 5.75 Å². The molecule has 10 heteroatoms. The van der Waals surface area contributed by atoms with Crippen molar-refractivity contribution in [3.63, 3.8) is 0 Å². The molecule has 0 unspecified atom stereocenters. The van der Waals surface area contributed by atoms with Crippen LogP contribution in [0.5, 0.6) is 11.6 Å². The number of aryl methyl sites for hydroxylation is 1. The van der Waals surface area contributed by atoms with Gasteiger partial charge in [0.05, 0.1) is 5.39 Å². The minimum atomic E-state index is -4.74. The van der Waals surface area contributed by atoms with E-state index in [-0.39, 0.29) is 18.2 Å². The molecule has 0 spiro atoms. The van der Waals surface area contributed by atoms with Crippen LogP contribution in [0.15, 0.2) is 45.3 Å². The average Bonchev–Trinajstić information content (AvgIpc) is 3.31. The molecule has 0 saturated heterocycles. The molecule has 7 nitrogen and oxygen atoms in total. The largest absolute Gasteiger partial charge is 0.573 e. The molecule has 1 saturated carbocycles. The van der Waals surface area contributed by atoms with Gasteiger partial charge in [0.15, 0.2) is 12.2 Å². The van der Waals surface area contributed by atoms with Crippen LogP contribution >= 0.6 is 0 Å². The quantitative estimate of drug-likeness (QED) is 0.396. The van der Waals surface area contributed by atoms with Gasteiger partial charge in [-0.3, -0.25) is 0 Å². The van der Waals surface area contributed by atoms with Gasteiger partial charge < -0.3 is 18.4 Å². The Morgan fingerprint density at radius 2 is 1.94 bits per heavy atom. The van der Waals surface area contributed by atoms with E-state index >= 15 is 0 Å². The second-order valence-corrected chi connectivity index (χ2v) is 7.32. The maximum atomic E-state index is 12.5. The van der Waals surface area contributed by atoms with Gasteiger partial charge in [0.25, 0.3) is 11.8 Å². The lowest BCUT2D eigenvalue weighted by atomic mass is 9.99. The number of aromatic nitrogens is 3. The number of hydrogen-bond donors (Lipinski definition) is 0. The van der Waals surface area contributed by atoms with Gasteiger partial charge in [0.2, 0.25) is 5.89 Å². The maximum Gasteiger partial charge on any atom is 0.573 e. The van der Waals surface area contributed by atoms with Crippen LogP contribution in [0.2, 0.25) is 0 Å². The molecule has 0 bridgehead atoms. The smallest absolute Gasteiger partial charge is 0.465 e. The minimum Gasteiger partial charge on any atom is -0.465 e. The molecule has 0 radical (unpaired) electrons. The van der Waals surface area contributed by atoms with Crippen molar-refractivity contribution in [1.82, 2.24) is 15.4 Å². The van der Waals surface area contributed by atoms with E-state index in [0.717, 1.165) is 24.0 Å². The Morgan fingerprint density at radius 3 is 2.68 bits per heavy atom. The molecule has 1 aliphatic carbocycles. The fraction of sp³-hybridized carbons (Fsp3) is 0.286. The molecule has 0 aliphatic heterocycles. The van der Waals surface area contributed by atoms with Crippen molar-refractivity contribution in [1.29, 1.82) is 0 Å². The van der Waals surface area contributed by atoms with E-state index in [4.69, 9.17) is 13.7 Å². The van der Waals surface area contributed by atoms with E-state index in [1.54, 1.807) is 31.2 Å². The molecular weight excluding hydrogens is 415 g/mol. The van der Waals surface area contributed by atoms with E-state index in [1.807, 2.05) is 0 Å². The Morgan fingerprint density at radius 1 is 1.10 bits per heavy atom. The lowest BCUT2D eigenvalue weighted by Gasteiger charge is -2.12. The van der Waals surface area contributed by atoms with Crippen LogP contribution < -0.4 is 9.47 Å². The molecule has 5 rings (SSSR count). The first-order valence-corrected chi connectivity index (χ1v) is 9.57. The maximum absolute atomic E-state index is 12.5. The Hall–Kier alpha value is -3.56. The standard InChI is InChI=1S/C21H16F3N3O4/c1-11-8-14(30-21(22,23)24)5-6-15(11)13-4-7-17-16(9-13)20(27-31-17)28-10-18-25-26-19(29-18)12-2-3-12/h4-9,12H,2-3,10H2,1H3. The summed E-state index contributed by atoms with van der Waals surface area (Å²) in [6.07, 6.45) is -2.62. The first-order chi connectivity index (χ1) is 14.9. The van der Waals surface area contributed by atoms with E-state index in [0.29, 0.717) is 34.2 Å². The summed E-state index contributed by atoms with van der Waals surface area (Å²) < 4.78 is 57.9. The normalized spacial score (nSPS) is 14.2. The number of hydrogen-bond acceptors (Lipinski definition) is 7. The van der Waals surface area contributed by atoms with Gasteiger partial charge in [-0.25, -0.2) is 0 Å². The summed E-state index contributed by atoms with van der Waals surface area (Å²) in [6.45, 7) is 1.76. The highest BCUT2D eigenvalue weighted by Gasteiger charge is 2.31. The van der Waals surface area contributed by atoms with Gasteiger partial charge in [-0.1, -0.05) is 12.1 Å². The van der Waals surface area contributed by atoms with Crippen LogP contribution in [0.4, 0.5) is 13.2 Å². The molecule has 4 aromatic rings. The fourth-order valence-electron chi connectivity index (χ4n) is 3.30. The summed E-state index contributed by atoms with van der Waals surface area (Å²) in [5, 5.41) is 12.6. The fourth-order valence-corrected chi connectivity index (χ4v) is 3.30. The van der Waals surface area contributed by atoms with Gasteiger partial charge >= 0.3 is 6.36 Å². The third-order valence-electron chi connectivity index (χ3n) is 4.92. The van der Waals surface area contributed by atoms with E-state index < -0.39 is 6.36 Å². The molecule has 1 aliphatic rings. The van der Waals surface area contributed by atoms with Crippen molar-refractivity contribution in [2.24, 2.45) is 0 Å². The predicted molar refractivity (Wildman–Crippen MR) is 101 cm³/mol. The van der Waals surface area contributed by atoms with E-state index in [1.165, 1.54) is 12.1 Å². The Kier molecular flexibility index (Phi) is 4.57. The molecule has 31 heavy (non-hydrogen) atoms. The number of halogens is 3. The van der Waals surface area contributed by atoms with Gasteiger partial charge in [-0.15, -0.1) is 23.4 Å². The van der Waals surface area contributed by atoms with Crippen LogP contribution in [0.25, 0.3) is 22.1 Å². The highest BCUT2D eigenvalue weighted by Crippen LogP contribution is 2.39. The number of alkyl halides is 3. The molecule has 0 amide bonds. The predicted octanol–water partition coefficient (Wildman–Crippen LogP) is 5.54. The van der Waals surface area contributed by atoms with Gasteiger partial charge in [0, 0.05) is 5.92 Å². The molecule has 0 atom stereocenters. The van der Waals surface area contributed by atoms with Crippen LogP contribution in [0.3, 0.4) is 0 Å². The Labute approximate surface area is 173 Å². The number of rotatable bonds is 6. The first-order valence-electron chi connectivity index (χ1n) is 9.57. The lowest BCUT2D eigenvalue weighted by molar-refractivity contribution is -0.274. The van der Waals surface area contributed by atoms with Crippen LogP contribution in [-0.2, 0) is 6.61 Å². The molecular formula is C21H16F3N3O4. The van der Waals surface area contributed by atoms with Crippen molar-refractivity contribution in [3.05, 3.63) is 53.7 Å². The highest BCUT2D eigenvalue weighted by molar-refractivity contribution is 5.87. The van der Waals surface area contributed by atoms with Crippen molar-refractivity contribution < 1.29 is 31.6 Å². The molecule has 2 aromatic carbocycles. The third-order valence-corrected chi connectivity index (χ3v) is 4.92. The number of fused-ring (bicyclic) bond motifs is 1. The molecule has 0 N–H and O–H groups in total. The van der Waals surface area contributed by atoms with Crippen molar-refractivity contribution in [3.8, 4) is 22.8 Å². The van der Waals surface area contributed by atoms with Crippen molar-refractivity contribution in [2.45, 2.75) is 38.7 Å². The highest BCUT2D eigenvalue weighted by atomic mass is 19.4. The minimum absolute atomic E-state index is 0.0497. The van der Waals surface area contributed by atoms with Crippen LogP contribution in [-0.4, -0.2) is 21.7 Å². The third kappa shape index (κ3) is 4.18. The summed E-state index contributed by atoms with van der Waals surface area (Å²) >= 11 is 0. The molecule has 2 heterocycles. The monoisotopic (exact) mass is 431 g/mol. The Bertz CT molecular complexity index is 1240. The molecule has 160 valence electrons.